The van der Waals surface area contributed by atoms with E-state index in [1.165, 1.54) is 11.3 Å². The highest BCUT2D eigenvalue weighted by Gasteiger charge is 2.39. The van der Waals surface area contributed by atoms with Gasteiger partial charge in [0.1, 0.15) is 11.9 Å². The van der Waals surface area contributed by atoms with E-state index < -0.39 is 0 Å². The van der Waals surface area contributed by atoms with Crippen molar-refractivity contribution in [2.45, 2.75) is 45.1 Å². The average molecular weight is 381 g/mol. The molecule has 25 heavy (non-hydrogen) atoms. The normalized spacial score (nSPS) is 19.5. The molecule has 3 N–H and O–H groups in total. The summed E-state index contributed by atoms with van der Waals surface area (Å²) in [6.07, 6.45) is 0.418. The van der Waals surface area contributed by atoms with E-state index in [4.69, 9.17) is 16.3 Å². The number of halogens is 1. The first-order valence-corrected chi connectivity index (χ1v) is 9.22. The van der Waals surface area contributed by atoms with E-state index in [0.29, 0.717) is 16.3 Å². The van der Waals surface area contributed by atoms with Crippen LogP contribution in [0.5, 0.6) is 5.75 Å². The van der Waals surface area contributed by atoms with E-state index >= 15 is 0 Å². The summed E-state index contributed by atoms with van der Waals surface area (Å²) in [4.78, 5) is 12.8. The Kier molecular flexibility index (Phi) is 4.95. The van der Waals surface area contributed by atoms with Crippen LogP contribution in [0.4, 0.5) is 5.00 Å². The summed E-state index contributed by atoms with van der Waals surface area (Å²) >= 11 is 7.35. The molecule has 0 saturated carbocycles. The first kappa shape index (κ1) is 18.0. The van der Waals surface area contributed by atoms with Crippen molar-refractivity contribution in [1.29, 1.82) is 0 Å². The number of hydrogen-bond acceptors (Lipinski definition) is 5. The topological polar surface area (TPSA) is 73.9 Å². The Bertz CT molecular complexity index is 785. The predicted molar refractivity (Wildman–Crippen MR) is 101 cm³/mol. The number of phenolic OH excluding ortho intramolecular Hbond substituents is 1. The molecule has 1 fully saturated rings. The van der Waals surface area contributed by atoms with Gasteiger partial charge in [-0.05, 0) is 56.7 Å². The molecule has 7 heteroatoms. The maximum Gasteiger partial charge on any atom is 0.261 e. The van der Waals surface area contributed by atoms with Gasteiger partial charge in [-0.15, -0.1) is 11.3 Å². The molecule has 1 amide bonds. The van der Waals surface area contributed by atoms with Crippen LogP contribution in [0.25, 0.3) is 0 Å². The lowest BCUT2D eigenvalue weighted by atomic mass is 10.1. The minimum Gasteiger partial charge on any atom is -0.508 e. The molecule has 1 aliphatic rings. The van der Waals surface area contributed by atoms with Gasteiger partial charge in [-0.1, -0.05) is 11.6 Å². The van der Waals surface area contributed by atoms with E-state index in [0.717, 1.165) is 10.6 Å². The first-order chi connectivity index (χ1) is 11.7. The third kappa shape index (κ3) is 4.87. The van der Waals surface area contributed by atoms with Gasteiger partial charge in [0.2, 0.25) is 0 Å². The van der Waals surface area contributed by atoms with E-state index in [1.54, 1.807) is 24.3 Å². The lowest BCUT2D eigenvalue weighted by Gasteiger charge is -2.19. The van der Waals surface area contributed by atoms with Crippen molar-refractivity contribution in [3.63, 3.8) is 0 Å². The van der Waals surface area contributed by atoms with Crippen molar-refractivity contribution in [2.75, 3.05) is 5.32 Å². The number of rotatable bonds is 5. The highest BCUT2D eigenvalue weighted by Crippen LogP contribution is 2.33. The van der Waals surface area contributed by atoms with Crippen molar-refractivity contribution in [1.82, 2.24) is 5.32 Å². The Morgan fingerprint density at radius 1 is 1.32 bits per heavy atom. The summed E-state index contributed by atoms with van der Waals surface area (Å²) in [5.74, 6) is 0.138. The van der Waals surface area contributed by atoms with Crippen molar-refractivity contribution < 1.29 is 14.6 Å². The minimum absolute atomic E-state index is 0.0293. The maximum absolute atomic E-state index is 12.1. The summed E-state index contributed by atoms with van der Waals surface area (Å²) in [6.45, 7) is 5.85. The molecule has 134 valence electrons. The highest BCUT2D eigenvalue weighted by molar-refractivity contribution is 7.17. The standard InChI is InChI=1S/C18H21ClN2O3S/c1-18(2,3)21-16(23)14-6-7-15(25-14)20-17-13(24-17)9-10-8-11(19)4-5-12(10)22/h4-8,13,17,20,22H,9H2,1-3H3,(H,21,23). The molecule has 1 saturated heterocycles. The Morgan fingerprint density at radius 3 is 2.80 bits per heavy atom. The number of anilines is 1. The van der Waals surface area contributed by atoms with Crippen LogP contribution in [0.3, 0.4) is 0 Å². The molecule has 3 rings (SSSR count). The van der Waals surface area contributed by atoms with Gasteiger partial charge < -0.3 is 20.5 Å². The second kappa shape index (κ2) is 6.86. The Balaban J connectivity index is 1.55. The van der Waals surface area contributed by atoms with Gasteiger partial charge >= 0.3 is 0 Å². The average Bonchev–Trinajstić information content (AvgIpc) is 3.03. The zero-order valence-corrected chi connectivity index (χ0v) is 15.9. The fourth-order valence-electron chi connectivity index (χ4n) is 2.44. The number of epoxide rings is 1. The second-order valence-corrected chi connectivity index (χ2v) is 8.60. The van der Waals surface area contributed by atoms with Gasteiger partial charge in [-0.3, -0.25) is 4.79 Å². The molecule has 2 heterocycles. The van der Waals surface area contributed by atoms with Crippen LogP contribution in [0.1, 0.15) is 36.0 Å². The number of aromatic hydroxyl groups is 1. The fourth-order valence-corrected chi connectivity index (χ4v) is 3.46. The molecule has 2 aromatic rings. The summed E-state index contributed by atoms with van der Waals surface area (Å²) < 4.78 is 5.61. The Morgan fingerprint density at radius 2 is 2.08 bits per heavy atom. The maximum atomic E-state index is 12.1. The minimum atomic E-state index is -0.266. The third-order valence-electron chi connectivity index (χ3n) is 3.65. The Labute approximate surface area is 156 Å². The molecule has 0 bridgehead atoms. The molecule has 0 spiro atoms. The largest absolute Gasteiger partial charge is 0.508 e. The van der Waals surface area contributed by atoms with E-state index in [-0.39, 0.29) is 29.5 Å². The Hall–Kier alpha value is -1.76. The van der Waals surface area contributed by atoms with Crippen LogP contribution in [0.15, 0.2) is 30.3 Å². The molecular formula is C18H21ClN2O3S. The molecule has 1 aromatic heterocycles. The van der Waals surface area contributed by atoms with E-state index in [2.05, 4.69) is 10.6 Å². The van der Waals surface area contributed by atoms with Gasteiger partial charge in [0.05, 0.1) is 9.88 Å². The van der Waals surface area contributed by atoms with Gasteiger partial charge in [0.15, 0.2) is 6.23 Å². The number of amides is 1. The van der Waals surface area contributed by atoms with E-state index in [1.807, 2.05) is 26.8 Å². The number of carbonyl (C=O) groups is 1. The molecule has 0 radical (unpaired) electrons. The smallest absolute Gasteiger partial charge is 0.261 e. The summed E-state index contributed by atoms with van der Waals surface area (Å²) in [7, 11) is 0. The van der Waals surface area contributed by atoms with Gasteiger partial charge in [0.25, 0.3) is 5.91 Å². The van der Waals surface area contributed by atoms with Crippen LogP contribution in [-0.4, -0.2) is 28.9 Å². The van der Waals surface area contributed by atoms with Crippen LogP contribution in [0.2, 0.25) is 5.02 Å². The second-order valence-electron chi connectivity index (χ2n) is 7.08. The zero-order chi connectivity index (χ0) is 18.2. The van der Waals surface area contributed by atoms with Crippen LogP contribution in [-0.2, 0) is 11.2 Å². The SMILES string of the molecule is CC(C)(C)NC(=O)c1ccc(NC2OC2Cc2cc(Cl)ccc2O)s1. The van der Waals surface area contributed by atoms with Crippen LogP contribution < -0.4 is 10.6 Å². The van der Waals surface area contributed by atoms with Crippen molar-refractivity contribution >= 4 is 33.8 Å². The number of phenols is 1. The van der Waals surface area contributed by atoms with Crippen molar-refractivity contribution in [2.24, 2.45) is 0 Å². The summed E-state index contributed by atoms with van der Waals surface area (Å²) in [5.41, 5.74) is 0.497. The molecule has 2 unspecified atom stereocenters. The molecule has 1 aliphatic heterocycles. The fraction of sp³-hybridized carbons (Fsp3) is 0.389. The van der Waals surface area contributed by atoms with Gasteiger partial charge in [-0.2, -0.15) is 0 Å². The van der Waals surface area contributed by atoms with Crippen molar-refractivity contribution in [3.8, 4) is 5.75 Å². The quantitative estimate of drug-likeness (QED) is 0.685. The monoisotopic (exact) mass is 380 g/mol. The number of thiophene rings is 1. The predicted octanol–water partition coefficient (Wildman–Crippen LogP) is 4.01. The lowest BCUT2D eigenvalue weighted by molar-refractivity contribution is 0.0923. The molecule has 5 nitrogen and oxygen atoms in total. The number of nitrogens with one attached hydrogen (secondary N) is 2. The number of benzene rings is 1. The van der Waals surface area contributed by atoms with Crippen LogP contribution in [0, 0.1) is 0 Å². The highest BCUT2D eigenvalue weighted by atomic mass is 35.5. The lowest BCUT2D eigenvalue weighted by Crippen LogP contribution is -2.40. The van der Waals surface area contributed by atoms with E-state index in [9.17, 15) is 9.90 Å². The molecule has 2 atom stereocenters. The summed E-state index contributed by atoms with van der Waals surface area (Å²) in [5, 5.41) is 17.5. The number of carbonyl (C=O) groups excluding carboxylic acids is 1. The molecular weight excluding hydrogens is 360 g/mol. The van der Waals surface area contributed by atoms with Gasteiger partial charge in [0, 0.05) is 17.0 Å². The molecule has 1 aromatic carbocycles. The molecule has 0 aliphatic carbocycles. The summed E-state index contributed by atoms with van der Waals surface area (Å²) in [6, 6.07) is 8.66. The third-order valence-corrected chi connectivity index (χ3v) is 4.90. The number of ether oxygens (including phenoxy) is 1. The van der Waals surface area contributed by atoms with Gasteiger partial charge in [-0.25, -0.2) is 0 Å². The van der Waals surface area contributed by atoms with Crippen molar-refractivity contribution in [3.05, 3.63) is 45.8 Å². The number of hydrogen-bond donors (Lipinski definition) is 3. The van der Waals surface area contributed by atoms with Crippen LogP contribution >= 0.6 is 22.9 Å². The first-order valence-electron chi connectivity index (χ1n) is 8.03. The zero-order valence-electron chi connectivity index (χ0n) is 14.3.